The molecule has 34 heavy (non-hydrogen) atoms. The van der Waals surface area contributed by atoms with Gasteiger partial charge < -0.3 is 4.74 Å². The minimum Gasteiger partial charge on any atom is -0.468 e. The molecule has 0 aromatic heterocycles. The van der Waals surface area contributed by atoms with Crippen molar-refractivity contribution < 1.29 is 17.9 Å². The summed E-state index contributed by atoms with van der Waals surface area (Å²) in [5.41, 5.74) is 6.27. The summed E-state index contributed by atoms with van der Waals surface area (Å²) in [6, 6.07) is 25.9. The van der Waals surface area contributed by atoms with Crippen LogP contribution in [-0.4, -0.2) is 43.6 Å². The lowest BCUT2D eigenvalue weighted by atomic mass is 9.92. The quantitative estimate of drug-likeness (QED) is 0.513. The van der Waals surface area contributed by atoms with Gasteiger partial charge in [0, 0.05) is 25.9 Å². The highest BCUT2D eigenvalue weighted by molar-refractivity contribution is 7.91. The molecular formula is C28H27NO4S. The van der Waals surface area contributed by atoms with Gasteiger partial charge in [0.1, 0.15) is 0 Å². The molecule has 6 heteroatoms. The molecule has 5 nitrogen and oxygen atoms in total. The molecule has 0 amide bonds. The van der Waals surface area contributed by atoms with Crippen LogP contribution in [-0.2, 0) is 32.4 Å². The van der Waals surface area contributed by atoms with Gasteiger partial charge in [-0.1, -0.05) is 84.9 Å². The molecule has 0 radical (unpaired) electrons. The van der Waals surface area contributed by atoms with E-state index in [0.717, 1.165) is 33.4 Å². The molecule has 3 aromatic rings. The van der Waals surface area contributed by atoms with E-state index >= 15 is 0 Å². The third-order valence-electron chi connectivity index (χ3n) is 6.99. The van der Waals surface area contributed by atoms with Crippen LogP contribution in [0.4, 0.5) is 0 Å². The summed E-state index contributed by atoms with van der Waals surface area (Å²) in [4.78, 5) is 12.9. The van der Waals surface area contributed by atoms with Gasteiger partial charge in [0.2, 0.25) is 10.0 Å². The van der Waals surface area contributed by atoms with Crippen LogP contribution < -0.4 is 0 Å². The van der Waals surface area contributed by atoms with Gasteiger partial charge in [-0.15, -0.1) is 0 Å². The van der Waals surface area contributed by atoms with E-state index in [1.54, 1.807) is 0 Å². The van der Waals surface area contributed by atoms with Crippen molar-refractivity contribution >= 4 is 21.6 Å². The van der Waals surface area contributed by atoms with E-state index in [1.165, 1.54) is 11.4 Å². The number of nitrogens with zero attached hydrogens (tertiary/aromatic N) is 1. The van der Waals surface area contributed by atoms with E-state index in [1.807, 2.05) is 60.7 Å². The van der Waals surface area contributed by atoms with Crippen molar-refractivity contribution in [2.45, 2.75) is 24.0 Å². The van der Waals surface area contributed by atoms with E-state index < -0.39 is 20.7 Å². The number of methoxy groups -OCH3 is 1. The number of carbonyl (C=O) groups excluding carboxylic acids is 1. The predicted octanol–water partition coefficient (Wildman–Crippen LogP) is 4.48. The fourth-order valence-corrected chi connectivity index (χ4v) is 7.26. The van der Waals surface area contributed by atoms with Crippen molar-refractivity contribution in [3.63, 3.8) is 0 Å². The Balaban J connectivity index is 1.46. The lowest BCUT2D eigenvalue weighted by Crippen LogP contribution is -2.55. The van der Waals surface area contributed by atoms with Crippen molar-refractivity contribution in [3.05, 3.63) is 102 Å². The highest BCUT2D eigenvalue weighted by Crippen LogP contribution is 2.40. The molecular weight excluding hydrogens is 446 g/mol. The van der Waals surface area contributed by atoms with Crippen LogP contribution in [0.3, 0.4) is 0 Å². The molecule has 174 valence electrons. The largest absolute Gasteiger partial charge is 0.468 e. The van der Waals surface area contributed by atoms with E-state index in [9.17, 15) is 13.2 Å². The Kier molecular flexibility index (Phi) is 5.88. The van der Waals surface area contributed by atoms with Crippen LogP contribution in [0.15, 0.2) is 84.9 Å². The Hall–Kier alpha value is -3.22. The van der Waals surface area contributed by atoms with E-state index in [2.05, 4.69) is 24.3 Å². The first-order valence-electron chi connectivity index (χ1n) is 11.4. The molecule has 0 spiro atoms. The predicted molar refractivity (Wildman–Crippen MR) is 134 cm³/mol. The normalized spacial score (nSPS) is 17.6. The number of rotatable bonds is 5. The van der Waals surface area contributed by atoms with Gasteiger partial charge in [-0.3, -0.25) is 4.79 Å². The maximum absolute atomic E-state index is 13.9. The number of esters is 1. The van der Waals surface area contributed by atoms with Gasteiger partial charge in [0.25, 0.3) is 0 Å². The number of fused-ring (bicyclic) bond motifs is 1. The third kappa shape index (κ3) is 3.67. The molecule has 1 aliphatic carbocycles. The van der Waals surface area contributed by atoms with E-state index in [4.69, 9.17) is 4.74 Å². The van der Waals surface area contributed by atoms with Gasteiger partial charge >= 0.3 is 5.97 Å². The van der Waals surface area contributed by atoms with Crippen LogP contribution in [0.2, 0.25) is 0 Å². The standard InChI is InChI=1S/C28H27NO4S/c1-33-27(30)28(19-23-11-5-6-12-24(23)20-28)34(31,32)29-17-15-22(16-18-29)26-14-8-7-13-25(26)21-9-3-2-4-10-21/h2-15H,16-20H2,1H3. The van der Waals surface area contributed by atoms with Gasteiger partial charge in [-0.05, 0) is 39.8 Å². The topological polar surface area (TPSA) is 63.7 Å². The summed E-state index contributed by atoms with van der Waals surface area (Å²) in [6.07, 6.45) is 2.84. The van der Waals surface area contributed by atoms with Crippen molar-refractivity contribution in [2.75, 3.05) is 20.2 Å². The van der Waals surface area contributed by atoms with Crippen LogP contribution in [0.25, 0.3) is 16.7 Å². The summed E-state index contributed by atoms with van der Waals surface area (Å²) in [5, 5.41) is 0. The van der Waals surface area contributed by atoms with E-state index in [0.29, 0.717) is 13.0 Å². The van der Waals surface area contributed by atoms with Crippen LogP contribution >= 0.6 is 0 Å². The lowest BCUT2D eigenvalue weighted by Gasteiger charge is -2.34. The Morgan fingerprint density at radius 1 is 0.853 bits per heavy atom. The highest BCUT2D eigenvalue weighted by Gasteiger charge is 2.57. The highest BCUT2D eigenvalue weighted by atomic mass is 32.2. The second-order valence-electron chi connectivity index (χ2n) is 8.86. The van der Waals surface area contributed by atoms with Gasteiger partial charge in [0.05, 0.1) is 7.11 Å². The van der Waals surface area contributed by atoms with E-state index in [-0.39, 0.29) is 19.4 Å². The number of ether oxygens (including phenoxy) is 1. The average molecular weight is 474 g/mol. The van der Waals surface area contributed by atoms with Gasteiger partial charge in [-0.2, -0.15) is 4.31 Å². The van der Waals surface area contributed by atoms with Gasteiger partial charge in [-0.25, -0.2) is 8.42 Å². The van der Waals surface area contributed by atoms with Crippen molar-refractivity contribution in [1.82, 2.24) is 4.31 Å². The summed E-state index contributed by atoms with van der Waals surface area (Å²) in [6.45, 7) is 0.558. The Morgan fingerprint density at radius 2 is 1.44 bits per heavy atom. The molecule has 0 fully saturated rings. The average Bonchev–Trinajstić information content (AvgIpc) is 3.30. The molecule has 0 saturated heterocycles. The maximum atomic E-state index is 13.9. The molecule has 0 unspecified atom stereocenters. The van der Waals surface area contributed by atoms with Crippen LogP contribution in [0.1, 0.15) is 23.1 Å². The number of benzene rings is 3. The number of hydrogen-bond acceptors (Lipinski definition) is 4. The van der Waals surface area contributed by atoms with Crippen LogP contribution in [0, 0.1) is 0 Å². The summed E-state index contributed by atoms with van der Waals surface area (Å²) in [7, 11) is -2.69. The molecule has 3 aromatic carbocycles. The number of sulfonamides is 1. The monoisotopic (exact) mass is 473 g/mol. The number of carbonyl (C=O) groups is 1. The van der Waals surface area contributed by atoms with Crippen molar-refractivity contribution in [2.24, 2.45) is 0 Å². The minimum atomic E-state index is -3.96. The molecule has 5 rings (SSSR count). The Morgan fingerprint density at radius 3 is 2.03 bits per heavy atom. The van der Waals surface area contributed by atoms with Crippen LogP contribution in [0.5, 0.6) is 0 Å². The van der Waals surface area contributed by atoms with Crippen molar-refractivity contribution in [3.8, 4) is 11.1 Å². The zero-order valence-electron chi connectivity index (χ0n) is 19.1. The summed E-state index contributed by atoms with van der Waals surface area (Å²) < 4.78 is 32.7. The maximum Gasteiger partial charge on any atom is 0.329 e. The SMILES string of the molecule is COC(=O)C1(S(=O)(=O)N2CC=C(c3ccccc3-c3ccccc3)CC2)Cc2ccccc2C1. The molecule has 0 atom stereocenters. The molecule has 0 bridgehead atoms. The first-order chi connectivity index (χ1) is 16.5. The molecule has 1 aliphatic heterocycles. The summed E-state index contributed by atoms with van der Waals surface area (Å²) >= 11 is 0. The number of hydrogen-bond donors (Lipinski definition) is 0. The zero-order valence-corrected chi connectivity index (χ0v) is 19.9. The second kappa shape index (κ2) is 8.85. The minimum absolute atomic E-state index is 0.141. The second-order valence-corrected chi connectivity index (χ2v) is 11.1. The molecule has 0 N–H and O–H groups in total. The zero-order chi connectivity index (χ0) is 23.8. The Labute approximate surface area is 200 Å². The summed E-state index contributed by atoms with van der Waals surface area (Å²) in [5.74, 6) is -0.687. The smallest absolute Gasteiger partial charge is 0.329 e. The fraction of sp³-hybridized carbons (Fsp3) is 0.250. The fourth-order valence-electron chi connectivity index (χ4n) is 5.19. The van der Waals surface area contributed by atoms with Crippen molar-refractivity contribution in [1.29, 1.82) is 0 Å². The molecule has 2 aliphatic rings. The first-order valence-corrected chi connectivity index (χ1v) is 12.9. The molecule has 1 heterocycles. The molecule has 0 saturated carbocycles. The first kappa shape index (κ1) is 22.6. The van der Waals surface area contributed by atoms with Gasteiger partial charge in [0.15, 0.2) is 4.75 Å². The third-order valence-corrected chi connectivity index (χ3v) is 9.45. The lowest BCUT2D eigenvalue weighted by molar-refractivity contribution is -0.143. The Bertz CT molecular complexity index is 1340.